The van der Waals surface area contributed by atoms with E-state index in [-0.39, 0.29) is 31.1 Å². The Morgan fingerprint density at radius 2 is 0.554 bits per heavy atom. The fourth-order valence-corrected chi connectivity index (χ4v) is 8.29. The summed E-state index contributed by atoms with van der Waals surface area (Å²) in [7, 11) is 0. The third-order valence-electron chi connectivity index (χ3n) is 12.6. The molecule has 380 valence electrons. The van der Waals surface area contributed by atoms with Crippen molar-refractivity contribution in [1.29, 1.82) is 0 Å². The zero-order valence-corrected chi connectivity index (χ0v) is 43.5. The van der Waals surface area contributed by atoms with Crippen molar-refractivity contribution in [2.45, 2.75) is 309 Å². The van der Waals surface area contributed by atoms with E-state index in [9.17, 15) is 14.4 Å². The molecule has 0 heterocycles. The van der Waals surface area contributed by atoms with E-state index in [2.05, 4.69) is 57.2 Å². The van der Waals surface area contributed by atoms with Crippen molar-refractivity contribution >= 4 is 17.9 Å². The van der Waals surface area contributed by atoms with E-state index in [0.29, 0.717) is 19.3 Å². The van der Waals surface area contributed by atoms with Crippen LogP contribution in [0.4, 0.5) is 0 Å². The molecule has 6 heteroatoms. The lowest BCUT2D eigenvalue weighted by Gasteiger charge is -2.18. The highest BCUT2D eigenvalue weighted by atomic mass is 16.6. The van der Waals surface area contributed by atoms with Crippen molar-refractivity contribution < 1.29 is 28.6 Å². The Balaban J connectivity index is 4.36. The summed E-state index contributed by atoms with van der Waals surface area (Å²) in [6.45, 7) is 6.63. The van der Waals surface area contributed by atoms with Gasteiger partial charge in [-0.25, -0.2) is 0 Å². The van der Waals surface area contributed by atoms with Crippen molar-refractivity contribution in [3.63, 3.8) is 0 Å². The fourth-order valence-electron chi connectivity index (χ4n) is 8.29. The van der Waals surface area contributed by atoms with Gasteiger partial charge in [0, 0.05) is 19.3 Å². The molecule has 0 radical (unpaired) electrons. The van der Waals surface area contributed by atoms with Crippen LogP contribution in [0.1, 0.15) is 303 Å². The maximum absolute atomic E-state index is 12.8. The molecule has 0 aromatic carbocycles. The lowest BCUT2D eigenvalue weighted by molar-refractivity contribution is -0.167. The van der Waals surface area contributed by atoms with Crippen LogP contribution in [0.5, 0.6) is 0 Å². The third kappa shape index (κ3) is 52.5. The second kappa shape index (κ2) is 54.2. The van der Waals surface area contributed by atoms with E-state index >= 15 is 0 Å². The number of allylic oxidation sites excluding steroid dienone is 6. The Hall–Kier alpha value is -2.37. The molecule has 0 aliphatic heterocycles. The van der Waals surface area contributed by atoms with Crippen LogP contribution >= 0.6 is 0 Å². The van der Waals surface area contributed by atoms with Gasteiger partial charge in [0.25, 0.3) is 0 Å². The largest absolute Gasteiger partial charge is 0.462 e. The summed E-state index contributed by atoms with van der Waals surface area (Å²) in [5.41, 5.74) is 0. The molecule has 0 N–H and O–H groups in total. The Bertz CT molecular complexity index is 1090. The topological polar surface area (TPSA) is 78.9 Å². The normalized spacial score (nSPS) is 12.2. The van der Waals surface area contributed by atoms with Gasteiger partial charge in [0.2, 0.25) is 0 Å². The van der Waals surface area contributed by atoms with Crippen LogP contribution in [0.2, 0.25) is 0 Å². The average molecular weight is 914 g/mol. The number of carbonyl (C=O) groups is 3. The van der Waals surface area contributed by atoms with Gasteiger partial charge in [0.15, 0.2) is 6.10 Å². The van der Waals surface area contributed by atoms with Gasteiger partial charge >= 0.3 is 17.9 Å². The van der Waals surface area contributed by atoms with Crippen LogP contribution in [0.15, 0.2) is 36.5 Å². The van der Waals surface area contributed by atoms with Crippen LogP contribution in [-0.4, -0.2) is 37.2 Å². The predicted octanol–water partition coefficient (Wildman–Crippen LogP) is 18.9. The van der Waals surface area contributed by atoms with Gasteiger partial charge in [-0.15, -0.1) is 0 Å². The Kier molecular flexibility index (Phi) is 52.3. The van der Waals surface area contributed by atoms with Gasteiger partial charge in [-0.3, -0.25) is 14.4 Å². The molecule has 0 unspecified atom stereocenters. The molecule has 65 heavy (non-hydrogen) atoms. The zero-order valence-electron chi connectivity index (χ0n) is 43.5. The second-order valence-corrected chi connectivity index (χ2v) is 19.2. The molecule has 0 aliphatic carbocycles. The molecular weight excluding hydrogens is 805 g/mol. The van der Waals surface area contributed by atoms with Gasteiger partial charge in [0.05, 0.1) is 0 Å². The first kappa shape index (κ1) is 62.6. The smallest absolute Gasteiger partial charge is 0.306 e. The minimum atomic E-state index is -0.774. The summed E-state index contributed by atoms with van der Waals surface area (Å²) in [6, 6.07) is 0. The molecule has 0 spiro atoms. The van der Waals surface area contributed by atoms with Crippen molar-refractivity contribution in [2.24, 2.45) is 0 Å². The monoisotopic (exact) mass is 913 g/mol. The van der Waals surface area contributed by atoms with E-state index in [1.165, 1.54) is 193 Å². The highest BCUT2D eigenvalue weighted by Crippen LogP contribution is 2.16. The average Bonchev–Trinajstić information content (AvgIpc) is 3.30. The number of carbonyl (C=O) groups excluding carboxylic acids is 3. The minimum absolute atomic E-state index is 0.0736. The quantitative estimate of drug-likeness (QED) is 0.0262. The first-order valence-electron chi connectivity index (χ1n) is 28.5. The lowest BCUT2D eigenvalue weighted by Crippen LogP contribution is -2.30. The van der Waals surface area contributed by atoms with E-state index in [1.54, 1.807) is 0 Å². The molecule has 0 saturated carbocycles. The lowest BCUT2D eigenvalue weighted by atomic mass is 10.0. The van der Waals surface area contributed by atoms with E-state index < -0.39 is 6.10 Å². The summed E-state index contributed by atoms with van der Waals surface area (Å²) in [4.78, 5) is 38.1. The van der Waals surface area contributed by atoms with Gasteiger partial charge in [-0.05, 0) is 77.0 Å². The number of unbranched alkanes of at least 4 members (excludes halogenated alkanes) is 35. The van der Waals surface area contributed by atoms with Crippen molar-refractivity contribution in [2.75, 3.05) is 13.2 Å². The SMILES string of the molecule is CCCCC/C=C\C/C=C\CCCCCCCCCC(=O)OC[C@H](COC(=O)CCCCCCCCC/C=C\CCCCCC)OC(=O)CCCCCCCCCCCCCCCCC. The van der Waals surface area contributed by atoms with Gasteiger partial charge in [-0.1, -0.05) is 243 Å². The van der Waals surface area contributed by atoms with Crippen molar-refractivity contribution in [3.05, 3.63) is 36.5 Å². The minimum Gasteiger partial charge on any atom is -0.462 e. The molecule has 0 aliphatic rings. The molecule has 0 amide bonds. The predicted molar refractivity (Wildman–Crippen MR) is 279 cm³/mol. The van der Waals surface area contributed by atoms with Gasteiger partial charge < -0.3 is 14.2 Å². The third-order valence-corrected chi connectivity index (χ3v) is 12.6. The maximum atomic E-state index is 12.8. The second-order valence-electron chi connectivity index (χ2n) is 19.2. The van der Waals surface area contributed by atoms with Gasteiger partial charge in [0.1, 0.15) is 13.2 Å². The Morgan fingerprint density at radius 3 is 0.908 bits per heavy atom. The van der Waals surface area contributed by atoms with E-state index in [0.717, 1.165) is 70.6 Å². The summed E-state index contributed by atoms with van der Waals surface area (Å²) in [5, 5.41) is 0. The molecular formula is C59H108O6. The molecule has 0 bridgehead atoms. The van der Waals surface area contributed by atoms with Crippen molar-refractivity contribution in [3.8, 4) is 0 Å². The fraction of sp³-hybridized carbons (Fsp3) is 0.847. The molecule has 0 fully saturated rings. The van der Waals surface area contributed by atoms with Crippen LogP contribution < -0.4 is 0 Å². The Labute approximate surface area is 404 Å². The highest BCUT2D eigenvalue weighted by Gasteiger charge is 2.19. The molecule has 0 saturated heterocycles. The van der Waals surface area contributed by atoms with Gasteiger partial charge in [-0.2, -0.15) is 0 Å². The number of hydrogen-bond acceptors (Lipinski definition) is 6. The van der Waals surface area contributed by atoms with Crippen LogP contribution in [0, 0.1) is 0 Å². The summed E-state index contributed by atoms with van der Waals surface area (Å²) in [6.07, 6.45) is 64.1. The number of ether oxygens (including phenoxy) is 3. The van der Waals surface area contributed by atoms with Crippen LogP contribution in [-0.2, 0) is 28.6 Å². The molecule has 0 aromatic rings. The number of hydrogen-bond donors (Lipinski definition) is 0. The molecule has 0 rings (SSSR count). The first-order chi connectivity index (χ1) is 32.0. The number of esters is 3. The maximum Gasteiger partial charge on any atom is 0.306 e. The van der Waals surface area contributed by atoms with E-state index in [4.69, 9.17) is 14.2 Å². The zero-order chi connectivity index (χ0) is 47.2. The van der Waals surface area contributed by atoms with Crippen molar-refractivity contribution in [1.82, 2.24) is 0 Å². The number of rotatable bonds is 52. The Morgan fingerprint density at radius 1 is 0.308 bits per heavy atom. The summed E-state index contributed by atoms with van der Waals surface area (Å²) >= 11 is 0. The van der Waals surface area contributed by atoms with Crippen LogP contribution in [0.3, 0.4) is 0 Å². The van der Waals surface area contributed by atoms with E-state index in [1.807, 2.05) is 0 Å². The standard InChI is InChI=1S/C59H108O6/c1-4-7-10-13-16-19-22-25-28-29-32-34-37-40-43-46-49-52-58(61)64-55-56(65-59(62)53-50-47-44-41-38-35-31-27-24-21-18-15-12-9-6-3)54-63-57(60)51-48-45-42-39-36-33-30-26-23-20-17-14-11-8-5-2/h16,19-20,23,25,28,56H,4-15,17-18,21-22,24,26-27,29-55H2,1-3H3/b19-16-,23-20-,28-25-/t56-/m0/s1. The molecule has 1 atom stereocenters. The van der Waals surface area contributed by atoms with Crippen LogP contribution in [0.25, 0.3) is 0 Å². The molecule has 0 aromatic heterocycles. The summed E-state index contributed by atoms with van der Waals surface area (Å²) < 4.78 is 16.9. The highest BCUT2D eigenvalue weighted by molar-refractivity contribution is 5.71. The first-order valence-corrected chi connectivity index (χ1v) is 28.5. The molecule has 6 nitrogen and oxygen atoms in total. The summed E-state index contributed by atoms with van der Waals surface area (Å²) in [5.74, 6) is -0.869.